The van der Waals surface area contributed by atoms with E-state index >= 15 is 0 Å². The molecule has 0 saturated carbocycles. The fraction of sp³-hybridized carbons (Fsp3) is 0.932. The van der Waals surface area contributed by atoms with Crippen molar-refractivity contribution in [3.63, 3.8) is 0 Å². The highest BCUT2D eigenvalue weighted by Crippen LogP contribution is 2.45. The third-order valence-corrected chi connectivity index (χ3v) is 15.4. The van der Waals surface area contributed by atoms with Crippen molar-refractivity contribution in [1.82, 2.24) is 0 Å². The number of carbonyl (C=O) groups is 4. The number of ether oxygens (including phenoxy) is 4. The molecule has 5 atom stereocenters. The fourth-order valence-electron chi connectivity index (χ4n) is 8.65. The number of esters is 4. The van der Waals surface area contributed by atoms with Gasteiger partial charge in [0.1, 0.15) is 19.3 Å². The highest BCUT2D eigenvalue weighted by atomic mass is 31.2. The van der Waals surface area contributed by atoms with Gasteiger partial charge in [-0.05, 0) is 37.5 Å². The highest BCUT2D eigenvalue weighted by molar-refractivity contribution is 7.47. The molecule has 0 aromatic heterocycles. The van der Waals surface area contributed by atoms with E-state index in [4.69, 9.17) is 37.0 Å². The van der Waals surface area contributed by atoms with Gasteiger partial charge in [0, 0.05) is 25.7 Å². The van der Waals surface area contributed by atoms with Crippen LogP contribution in [0.2, 0.25) is 0 Å². The van der Waals surface area contributed by atoms with Crippen LogP contribution in [0.3, 0.4) is 0 Å². The third-order valence-electron chi connectivity index (χ3n) is 13.5. The Hall–Kier alpha value is -1.94. The van der Waals surface area contributed by atoms with Crippen molar-refractivity contribution in [2.75, 3.05) is 39.6 Å². The Morgan fingerprint density at radius 1 is 0.346 bits per heavy atom. The summed E-state index contributed by atoms with van der Waals surface area (Å²) in [4.78, 5) is 71.8. The molecular formula is C59H114O17P2. The van der Waals surface area contributed by atoms with E-state index in [1.54, 1.807) is 0 Å². The van der Waals surface area contributed by atoms with Gasteiger partial charge in [-0.25, -0.2) is 9.13 Å². The Morgan fingerprint density at radius 3 is 0.872 bits per heavy atom. The van der Waals surface area contributed by atoms with Crippen molar-refractivity contribution in [2.45, 2.75) is 304 Å². The zero-order valence-electron chi connectivity index (χ0n) is 50.0. The van der Waals surface area contributed by atoms with Crippen molar-refractivity contribution in [2.24, 2.45) is 11.8 Å². The van der Waals surface area contributed by atoms with Gasteiger partial charge in [0.2, 0.25) is 0 Å². The maximum absolute atomic E-state index is 12.9. The van der Waals surface area contributed by atoms with E-state index in [2.05, 4.69) is 41.5 Å². The zero-order valence-corrected chi connectivity index (χ0v) is 51.7. The van der Waals surface area contributed by atoms with E-state index < -0.39 is 97.5 Å². The van der Waals surface area contributed by atoms with Crippen LogP contribution in [0.1, 0.15) is 286 Å². The summed E-state index contributed by atoms with van der Waals surface area (Å²) in [5.74, 6) is -0.761. The number of aliphatic hydroxyl groups excluding tert-OH is 1. The van der Waals surface area contributed by atoms with E-state index in [1.807, 2.05) is 0 Å². The number of hydrogen-bond acceptors (Lipinski definition) is 15. The summed E-state index contributed by atoms with van der Waals surface area (Å²) in [6.45, 7) is 9.28. The molecular weight excluding hydrogens is 1040 g/mol. The van der Waals surface area contributed by atoms with Crippen LogP contribution in [0.25, 0.3) is 0 Å². The number of unbranched alkanes of at least 4 members (excludes halogenated alkanes) is 28. The zero-order chi connectivity index (χ0) is 58.0. The van der Waals surface area contributed by atoms with Crippen LogP contribution in [-0.4, -0.2) is 96.7 Å². The Bertz CT molecular complexity index is 1550. The highest BCUT2D eigenvalue weighted by Gasteiger charge is 2.30. The molecule has 0 amide bonds. The van der Waals surface area contributed by atoms with Gasteiger partial charge in [0.15, 0.2) is 12.2 Å². The molecule has 0 spiro atoms. The summed E-state index contributed by atoms with van der Waals surface area (Å²) in [6, 6.07) is 0. The largest absolute Gasteiger partial charge is 0.472 e. The molecule has 78 heavy (non-hydrogen) atoms. The van der Waals surface area contributed by atoms with Crippen LogP contribution in [0.5, 0.6) is 0 Å². The average Bonchev–Trinajstić information content (AvgIpc) is 3.39. The second kappa shape index (κ2) is 51.9. The van der Waals surface area contributed by atoms with Gasteiger partial charge < -0.3 is 33.8 Å². The molecule has 3 N–H and O–H groups in total. The number of rotatable bonds is 58. The van der Waals surface area contributed by atoms with Crippen LogP contribution in [0.15, 0.2) is 0 Å². The minimum atomic E-state index is -4.94. The quantitative estimate of drug-likeness (QED) is 0.0222. The molecule has 0 aliphatic rings. The standard InChI is InChI=1S/C59H114O17P2/c1-7-9-11-13-15-17-18-23-30-36-42-57(62)70-47-54(75-58(63)43-37-31-24-20-19-21-27-33-39-51(3)4)49-73-77(65,66)71-45-53(60)46-72-78(67,68)74-50-55(48-69-56(61)41-35-29-22-16-14-12-10-8-2)76-59(64)44-38-32-26-25-28-34-40-52(5)6/h51-55,60H,7-50H2,1-6H3,(H,65,66)(H,67,68)/t53-,54-,55-/m1/s1. The lowest BCUT2D eigenvalue weighted by atomic mass is 10.0. The molecule has 0 aliphatic carbocycles. The van der Waals surface area contributed by atoms with Crippen LogP contribution in [-0.2, 0) is 65.4 Å². The molecule has 0 fully saturated rings. The van der Waals surface area contributed by atoms with E-state index in [9.17, 15) is 43.2 Å². The predicted molar refractivity (Wildman–Crippen MR) is 308 cm³/mol. The summed E-state index contributed by atoms with van der Waals surface area (Å²) in [5, 5.41) is 10.5. The number of phosphoric acid groups is 2. The van der Waals surface area contributed by atoms with Crippen molar-refractivity contribution in [3.05, 3.63) is 0 Å². The first-order valence-electron chi connectivity index (χ1n) is 31.0. The predicted octanol–water partition coefficient (Wildman–Crippen LogP) is 15.7. The fourth-order valence-corrected chi connectivity index (χ4v) is 10.2. The van der Waals surface area contributed by atoms with Gasteiger partial charge in [-0.1, -0.05) is 234 Å². The Balaban J connectivity index is 5.23. The summed E-state index contributed by atoms with van der Waals surface area (Å²) < 4.78 is 67.7. The summed E-state index contributed by atoms with van der Waals surface area (Å²) in [5.41, 5.74) is 0. The molecule has 0 aromatic carbocycles. The molecule has 0 aliphatic heterocycles. The normalized spacial score (nSPS) is 14.4. The van der Waals surface area contributed by atoms with Crippen LogP contribution < -0.4 is 0 Å². The Kier molecular flexibility index (Phi) is 50.6. The lowest BCUT2D eigenvalue weighted by Gasteiger charge is -2.21. The Morgan fingerprint density at radius 2 is 0.590 bits per heavy atom. The Labute approximate surface area is 473 Å². The van der Waals surface area contributed by atoms with Crippen molar-refractivity contribution in [1.29, 1.82) is 0 Å². The van der Waals surface area contributed by atoms with Gasteiger partial charge in [0.05, 0.1) is 26.4 Å². The average molecular weight is 1160 g/mol. The molecule has 19 heteroatoms. The van der Waals surface area contributed by atoms with Crippen molar-refractivity contribution < 1.29 is 80.2 Å². The third kappa shape index (κ3) is 53.4. The maximum atomic E-state index is 12.9. The number of hydrogen-bond donors (Lipinski definition) is 3. The van der Waals surface area contributed by atoms with E-state index in [1.165, 1.54) is 96.3 Å². The second-order valence-corrected chi connectivity index (χ2v) is 25.2. The van der Waals surface area contributed by atoms with Crippen molar-refractivity contribution >= 4 is 39.5 Å². The van der Waals surface area contributed by atoms with Crippen molar-refractivity contribution in [3.8, 4) is 0 Å². The first-order chi connectivity index (χ1) is 37.4. The molecule has 0 aromatic rings. The molecule has 2 unspecified atom stereocenters. The van der Waals surface area contributed by atoms with Crippen LogP contribution in [0.4, 0.5) is 0 Å². The first kappa shape index (κ1) is 76.1. The van der Waals surface area contributed by atoms with Gasteiger partial charge in [-0.15, -0.1) is 0 Å². The van der Waals surface area contributed by atoms with E-state index in [-0.39, 0.29) is 25.7 Å². The SMILES string of the molecule is CCCCCCCCCCCCC(=O)OC[C@H](COP(=O)(O)OC[C@@H](O)COP(=O)(O)OC[C@@H](COC(=O)CCCCCCCCCC)OC(=O)CCCCCCCCC(C)C)OC(=O)CCCCCCCCCCC(C)C. The van der Waals surface area contributed by atoms with E-state index in [0.29, 0.717) is 31.6 Å². The minimum absolute atomic E-state index is 0.102. The molecule has 0 heterocycles. The molecule has 17 nitrogen and oxygen atoms in total. The van der Waals surface area contributed by atoms with Crippen LogP contribution in [0, 0.1) is 11.8 Å². The van der Waals surface area contributed by atoms with Crippen LogP contribution >= 0.6 is 15.6 Å². The first-order valence-corrected chi connectivity index (χ1v) is 34.0. The summed E-state index contributed by atoms with van der Waals surface area (Å²) in [7, 11) is -9.87. The monoisotopic (exact) mass is 1160 g/mol. The molecule has 0 bridgehead atoms. The second-order valence-electron chi connectivity index (χ2n) is 22.3. The van der Waals surface area contributed by atoms with Gasteiger partial charge in [0.25, 0.3) is 0 Å². The summed E-state index contributed by atoms with van der Waals surface area (Å²) in [6.07, 6.45) is 32.3. The number of phosphoric ester groups is 2. The van der Waals surface area contributed by atoms with Gasteiger partial charge in [-0.2, -0.15) is 0 Å². The maximum Gasteiger partial charge on any atom is 0.472 e. The van der Waals surface area contributed by atoms with Gasteiger partial charge in [-0.3, -0.25) is 37.3 Å². The van der Waals surface area contributed by atoms with Gasteiger partial charge >= 0.3 is 39.5 Å². The molecule has 0 rings (SSSR count). The topological polar surface area (TPSA) is 237 Å². The lowest BCUT2D eigenvalue weighted by molar-refractivity contribution is -0.161. The minimum Gasteiger partial charge on any atom is -0.462 e. The lowest BCUT2D eigenvalue weighted by Crippen LogP contribution is -2.30. The smallest absolute Gasteiger partial charge is 0.462 e. The summed E-state index contributed by atoms with van der Waals surface area (Å²) >= 11 is 0. The molecule has 0 saturated heterocycles. The number of carbonyl (C=O) groups excluding carboxylic acids is 4. The molecule has 0 radical (unpaired) electrons. The number of aliphatic hydroxyl groups is 1. The van der Waals surface area contributed by atoms with E-state index in [0.717, 1.165) is 102 Å². The molecule has 462 valence electrons.